The van der Waals surface area contributed by atoms with E-state index in [4.69, 9.17) is 0 Å². The van der Waals surface area contributed by atoms with Crippen LogP contribution in [0.3, 0.4) is 0 Å². The highest BCUT2D eigenvalue weighted by Crippen LogP contribution is 2.29. The molecule has 0 aliphatic carbocycles. The largest absolute Gasteiger partial charge is 0.392 e. The van der Waals surface area contributed by atoms with Crippen molar-refractivity contribution in [3.8, 4) is 0 Å². The second-order valence-corrected chi connectivity index (χ2v) is 5.92. The molecule has 2 aromatic rings. The summed E-state index contributed by atoms with van der Waals surface area (Å²) in [6.45, 7) is 3.25. The van der Waals surface area contributed by atoms with Crippen LogP contribution in [0.15, 0.2) is 36.5 Å². The van der Waals surface area contributed by atoms with Crippen molar-refractivity contribution in [1.82, 2.24) is 14.9 Å². The molecule has 0 radical (unpaired) electrons. The van der Waals surface area contributed by atoms with Gasteiger partial charge in [0.15, 0.2) is 0 Å². The second-order valence-electron chi connectivity index (χ2n) is 5.92. The lowest BCUT2D eigenvalue weighted by atomic mass is 9.90. The van der Waals surface area contributed by atoms with E-state index in [0.29, 0.717) is 13.1 Å². The molecule has 5 heteroatoms. The van der Waals surface area contributed by atoms with Gasteiger partial charge < -0.3 is 10.0 Å². The maximum Gasteiger partial charge on any atom is 0.253 e. The van der Waals surface area contributed by atoms with Crippen LogP contribution in [0, 0.1) is 6.92 Å². The molecule has 0 unspecified atom stereocenters. The number of amides is 1. The second kappa shape index (κ2) is 6.87. The minimum atomic E-state index is -0.0429. The van der Waals surface area contributed by atoms with Gasteiger partial charge >= 0.3 is 0 Å². The first kappa shape index (κ1) is 15.6. The van der Waals surface area contributed by atoms with Gasteiger partial charge in [0.1, 0.15) is 5.82 Å². The molecular formula is C18H21N3O2. The summed E-state index contributed by atoms with van der Waals surface area (Å²) in [5.41, 5.74) is 2.47. The summed E-state index contributed by atoms with van der Waals surface area (Å²) in [7, 11) is 0. The van der Waals surface area contributed by atoms with Crippen LogP contribution >= 0.6 is 0 Å². The zero-order chi connectivity index (χ0) is 16.2. The van der Waals surface area contributed by atoms with Crippen molar-refractivity contribution in [1.29, 1.82) is 0 Å². The first-order chi connectivity index (χ1) is 11.2. The fourth-order valence-electron chi connectivity index (χ4n) is 3.11. The van der Waals surface area contributed by atoms with Gasteiger partial charge in [-0.1, -0.05) is 18.2 Å². The van der Waals surface area contributed by atoms with E-state index in [-0.39, 0.29) is 18.4 Å². The van der Waals surface area contributed by atoms with E-state index in [2.05, 4.69) is 9.97 Å². The predicted molar refractivity (Wildman–Crippen MR) is 87.0 cm³/mol. The van der Waals surface area contributed by atoms with E-state index in [1.807, 2.05) is 42.2 Å². The van der Waals surface area contributed by atoms with Crippen LogP contribution in [0.5, 0.6) is 0 Å². The Balaban J connectivity index is 1.69. The number of aryl methyl sites for hydroxylation is 1. The number of hydrogen-bond acceptors (Lipinski definition) is 4. The molecule has 2 heterocycles. The van der Waals surface area contributed by atoms with Gasteiger partial charge in [0.25, 0.3) is 5.91 Å². The van der Waals surface area contributed by atoms with Gasteiger partial charge in [0.2, 0.25) is 0 Å². The molecule has 0 bridgehead atoms. The Bertz CT molecular complexity index is 680. The molecule has 1 N–H and O–H groups in total. The number of benzene rings is 1. The molecule has 3 rings (SSSR count). The molecule has 120 valence electrons. The highest BCUT2D eigenvalue weighted by molar-refractivity contribution is 5.94. The monoisotopic (exact) mass is 311 g/mol. The zero-order valence-corrected chi connectivity index (χ0v) is 13.3. The van der Waals surface area contributed by atoms with Crippen LogP contribution < -0.4 is 0 Å². The third-order valence-electron chi connectivity index (χ3n) is 4.38. The summed E-state index contributed by atoms with van der Waals surface area (Å²) in [5.74, 6) is 1.09. The quantitative estimate of drug-likeness (QED) is 0.944. The molecule has 0 atom stereocenters. The van der Waals surface area contributed by atoms with Crippen molar-refractivity contribution in [3.05, 3.63) is 59.2 Å². The fourth-order valence-corrected chi connectivity index (χ4v) is 3.11. The van der Waals surface area contributed by atoms with Crippen molar-refractivity contribution >= 4 is 5.91 Å². The van der Waals surface area contributed by atoms with Gasteiger partial charge in [-0.15, -0.1) is 0 Å². The molecule has 0 spiro atoms. The van der Waals surface area contributed by atoms with Crippen LogP contribution in [0.4, 0.5) is 0 Å². The molecule has 1 aromatic heterocycles. The Hall–Kier alpha value is -2.27. The minimum Gasteiger partial charge on any atom is -0.392 e. The Morgan fingerprint density at radius 2 is 1.96 bits per heavy atom. The first-order valence-corrected chi connectivity index (χ1v) is 7.96. The highest BCUT2D eigenvalue weighted by atomic mass is 16.3. The van der Waals surface area contributed by atoms with Crippen LogP contribution in [-0.2, 0) is 6.61 Å². The summed E-state index contributed by atoms with van der Waals surface area (Å²) in [4.78, 5) is 23.1. The Kier molecular flexibility index (Phi) is 4.67. The van der Waals surface area contributed by atoms with Crippen LogP contribution in [-0.4, -0.2) is 39.0 Å². The summed E-state index contributed by atoms with van der Waals surface area (Å²) >= 11 is 0. The van der Waals surface area contributed by atoms with Crippen molar-refractivity contribution in [3.63, 3.8) is 0 Å². The molecule has 1 saturated heterocycles. The highest BCUT2D eigenvalue weighted by Gasteiger charge is 2.26. The summed E-state index contributed by atoms with van der Waals surface area (Å²) in [5, 5.41) is 9.48. The number of hydrogen-bond donors (Lipinski definition) is 1. The average molecular weight is 311 g/mol. The summed E-state index contributed by atoms with van der Waals surface area (Å²) < 4.78 is 0. The molecule has 0 saturated carbocycles. The molecule has 1 aliphatic rings. The van der Waals surface area contributed by atoms with E-state index in [0.717, 1.165) is 35.5 Å². The van der Waals surface area contributed by atoms with E-state index in [1.54, 1.807) is 6.20 Å². The molecule has 1 fully saturated rings. The number of carbonyl (C=O) groups is 1. The number of nitrogens with zero attached hydrogens (tertiary/aromatic N) is 3. The van der Waals surface area contributed by atoms with Crippen LogP contribution in [0.1, 0.15) is 46.2 Å². The third kappa shape index (κ3) is 3.40. The van der Waals surface area contributed by atoms with Gasteiger partial charge in [0, 0.05) is 36.3 Å². The first-order valence-electron chi connectivity index (χ1n) is 7.96. The van der Waals surface area contributed by atoms with E-state index < -0.39 is 0 Å². The van der Waals surface area contributed by atoms with E-state index in [9.17, 15) is 9.90 Å². The van der Waals surface area contributed by atoms with Crippen molar-refractivity contribution in [2.24, 2.45) is 0 Å². The van der Waals surface area contributed by atoms with Crippen molar-refractivity contribution < 1.29 is 9.90 Å². The maximum atomic E-state index is 12.5. The van der Waals surface area contributed by atoms with Gasteiger partial charge in [-0.2, -0.15) is 0 Å². The maximum absolute atomic E-state index is 12.5. The zero-order valence-electron chi connectivity index (χ0n) is 13.3. The number of aliphatic hydroxyl groups excluding tert-OH is 1. The SMILES string of the molecule is Cc1ncc(CO)c(C2CCN(C(=O)c3ccccc3)CC2)n1. The Morgan fingerprint density at radius 1 is 1.26 bits per heavy atom. The van der Waals surface area contributed by atoms with Crippen molar-refractivity contribution in [2.75, 3.05) is 13.1 Å². The molecule has 1 aliphatic heterocycles. The average Bonchev–Trinajstić information content (AvgIpc) is 2.62. The predicted octanol–water partition coefficient (Wildman–Crippen LogP) is 2.30. The molecular weight excluding hydrogens is 290 g/mol. The van der Waals surface area contributed by atoms with Gasteiger partial charge in [0.05, 0.1) is 12.3 Å². The third-order valence-corrected chi connectivity index (χ3v) is 4.38. The Labute approximate surface area is 136 Å². The minimum absolute atomic E-state index is 0.0429. The number of aromatic nitrogens is 2. The van der Waals surface area contributed by atoms with Crippen LogP contribution in [0.2, 0.25) is 0 Å². The molecule has 5 nitrogen and oxygen atoms in total. The summed E-state index contributed by atoms with van der Waals surface area (Å²) in [6.07, 6.45) is 3.43. The van der Waals surface area contributed by atoms with E-state index in [1.165, 1.54) is 0 Å². The summed E-state index contributed by atoms with van der Waals surface area (Å²) in [6, 6.07) is 9.39. The number of aliphatic hydroxyl groups is 1. The van der Waals surface area contributed by atoms with E-state index >= 15 is 0 Å². The lowest BCUT2D eigenvalue weighted by Crippen LogP contribution is -2.38. The van der Waals surface area contributed by atoms with Crippen molar-refractivity contribution in [2.45, 2.75) is 32.3 Å². The number of rotatable bonds is 3. The molecule has 1 aromatic carbocycles. The Morgan fingerprint density at radius 3 is 2.61 bits per heavy atom. The normalized spacial score (nSPS) is 15.7. The number of likely N-dealkylation sites (tertiary alicyclic amines) is 1. The topological polar surface area (TPSA) is 66.3 Å². The number of carbonyl (C=O) groups excluding carboxylic acids is 1. The lowest BCUT2D eigenvalue weighted by molar-refractivity contribution is 0.0711. The fraction of sp³-hybridized carbons (Fsp3) is 0.389. The van der Waals surface area contributed by atoms with Crippen LogP contribution in [0.25, 0.3) is 0 Å². The van der Waals surface area contributed by atoms with Gasteiger partial charge in [-0.3, -0.25) is 4.79 Å². The number of piperidine rings is 1. The van der Waals surface area contributed by atoms with Gasteiger partial charge in [-0.05, 0) is 31.9 Å². The molecule has 23 heavy (non-hydrogen) atoms. The molecule has 1 amide bonds. The standard InChI is InChI=1S/C18H21N3O2/c1-13-19-11-16(12-22)17(20-13)14-7-9-21(10-8-14)18(23)15-5-3-2-4-6-15/h2-6,11,14,22H,7-10,12H2,1H3. The van der Waals surface area contributed by atoms with Gasteiger partial charge in [-0.25, -0.2) is 9.97 Å². The smallest absolute Gasteiger partial charge is 0.253 e. The lowest BCUT2D eigenvalue weighted by Gasteiger charge is -2.32.